The van der Waals surface area contributed by atoms with Crippen LogP contribution in [0.25, 0.3) is 0 Å². The Morgan fingerprint density at radius 1 is 1.19 bits per heavy atom. The van der Waals surface area contributed by atoms with E-state index in [4.69, 9.17) is 14.2 Å². The number of benzene rings is 1. The number of amides is 1. The smallest absolute Gasteiger partial charge is 0.410 e. The maximum absolute atomic E-state index is 12.7. The van der Waals surface area contributed by atoms with E-state index in [0.29, 0.717) is 30.2 Å². The van der Waals surface area contributed by atoms with Crippen molar-refractivity contribution >= 4 is 11.9 Å². The third kappa shape index (κ3) is 4.70. The van der Waals surface area contributed by atoms with Crippen molar-refractivity contribution in [3.05, 3.63) is 23.8 Å². The molecule has 3 rings (SSSR count). The Morgan fingerprint density at radius 2 is 1.89 bits per heavy atom. The first-order valence-corrected chi connectivity index (χ1v) is 9.20. The van der Waals surface area contributed by atoms with Crippen LogP contribution in [-0.4, -0.2) is 92.8 Å². The van der Waals surface area contributed by atoms with Crippen LogP contribution >= 0.6 is 0 Å². The number of rotatable bonds is 6. The van der Waals surface area contributed by atoms with Gasteiger partial charge in [0.1, 0.15) is 6.61 Å². The lowest BCUT2D eigenvalue weighted by molar-refractivity contribution is 0.0679. The van der Waals surface area contributed by atoms with Gasteiger partial charge in [0.05, 0.1) is 6.04 Å². The van der Waals surface area contributed by atoms with Crippen molar-refractivity contribution in [2.75, 3.05) is 60.2 Å². The number of Topliss-reactive ketones (excluding diaryl/α,β-unsaturated/α-hetero) is 1. The zero-order chi connectivity index (χ0) is 19.4. The quantitative estimate of drug-likeness (QED) is 0.692. The largest absolute Gasteiger partial charge is 0.454 e. The Bertz CT molecular complexity index is 688. The van der Waals surface area contributed by atoms with Crippen LogP contribution in [0.5, 0.6) is 11.5 Å². The molecular weight excluding hydrogens is 350 g/mol. The van der Waals surface area contributed by atoms with E-state index < -0.39 is 12.1 Å². The van der Waals surface area contributed by atoms with Crippen molar-refractivity contribution < 1.29 is 23.8 Å². The number of carbonyl (C=O) groups excluding carboxylic acids is 2. The van der Waals surface area contributed by atoms with E-state index in [-0.39, 0.29) is 12.6 Å². The van der Waals surface area contributed by atoms with Gasteiger partial charge in [0.25, 0.3) is 0 Å². The molecule has 148 valence electrons. The maximum atomic E-state index is 12.7. The van der Waals surface area contributed by atoms with Crippen molar-refractivity contribution in [1.82, 2.24) is 14.7 Å². The summed E-state index contributed by atoms with van der Waals surface area (Å²) in [5, 5.41) is 0. The van der Waals surface area contributed by atoms with E-state index in [1.165, 1.54) is 4.90 Å². The fraction of sp³-hybridized carbons (Fsp3) is 0.579. The van der Waals surface area contributed by atoms with Crippen LogP contribution in [0.3, 0.4) is 0 Å². The minimum Gasteiger partial charge on any atom is -0.454 e. The van der Waals surface area contributed by atoms with Gasteiger partial charge in [-0.1, -0.05) is 0 Å². The van der Waals surface area contributed by atoms with E-state index in [0.717, 1.165) is 26.2 Å². The summed E-state index contributed by atoms with van der Waals surface area (Å²) < 4.78 is 15.9. The molecule has 0 saturated carbocycles. The van der Waals surface area contributed by atoms with Crippen molar-refractivity contribution in [1.29, 1.82) is 0 Å². The van der Waals surface area contributed by atoms with E-state index >= 15 is 0 Å². The van der Waals surface area contributed by atoms with Crippen LogP contribution in [0.4, 0.5) is 4.79 Å². The minimum atomic E-state index is -0.637. The fourth-order valence-corrected chi connectivity index (χ4v) is 3.06. The molecule has 0 aliphatic carbocycles. The van der Waals surface area contributed by atoms with Crippen molar-refractivity contribution in [2.45, 2.75) is 13.0 Å². The number of likely N-dealkylation sites (N-methyl/N-ethyl adjacent to an activating group) is 2. The van der Waals surface area contributed by atoms with E-state index in [9.17, 15) is 9.59 Å². The van der Waals surface area contributed by atoms with Gasteiger partial charge in [0.15, 0.2) is 17.3 Å². The number of ether oxygens (including phenoxy) is 3. The van der Waals surface area contributed by atoms with Crippen LogP contribution in [0.15, 0.2) is 18.2 Å². The van der Waals surface area contributed by atoms with Gasteiger partial charge in [-0.15, -0.1) is 0 Å². The number of carbonyl (C=O) groups is 2. The molecule has 0 bridgehead atoms. The normalized spacial score (nSPS) is 18.2. The molecule has 1 aromatic rings. The highest BCUT2D eigenvalue weighted by Crippen LogP contribution is 2.32. The lowest BCUT2D eigenvalue weighted by atomic mass is 10.0. The second-order valence-electron chi connectivity index (χ2n) is 6.98. The van der Waals surface area contributed by atoms with E-state index in [1.807, 2.05) is 0 Å². The number of hydrogen-bond acceptors (Lipinski definition) is 7. The fourth-order valence-electron chi connectivity index (χ4n) is 3.06. The highest BCUT2D eigenvalue weighted by Gasteiger charge is 2.26. The first-order chi connectivity index (χ1) is 13.0. The van der Waals surface area contributed by atoms with Gasteiger partial charge in [0.2, 0.25) is 6.79 Å². The number of ketones is 1. The van der Waals surface area contributed by atoms with E-state index in [1.54, 1.807) is 32.2 Å². The van der Waals surface area contributed by atoms with Gasteiger partial charge in [-0.2, -0.15) is 0 Å². The third-order valence-corrected chi connectivity index (χ3v) is 5.13. The van der Waals surface area contributed by atoms with Crippen LogP contribution in [-0.2, 0) is 4.74 Å². The summed E-state index contributed by atoms with van der Waals surface area (Å²) in [7, 11) is 3.68. The summed E-state index contributed by atoms with van der Waals surface area (Å²) in [6.45, 7) is 6.86. The SMILES string of the molecule is C[C@@H](C(=O)c1ccc2c(c1)OCO2)N(C)C(=O)OCCN1CCN(C)CC1. The molecule has 2 aliphatic rings. The summed E-state index contributed by atoms with van der Waals surface area (Å²) in [5.74, 6) is 0.994. The van der Waals surface area contributed by atoms with Crippen LogP contribution in [0.1, 0.15) is 17.3 Å². The van der Waals surface area contributed by atoms with E-state index in [2.05, 4.69) is 16.8 Å². The molecular formula is C19H27N3O5. The maximum Gasteiger partial charge on any atom is 0.410 e. The Labute approximate surface area is 159 Å². The molecule has 8 nitrogen and oxygen atoms in total. The predicted octanol–water partition coefficient (Wildman–Crippen LogP) is 1.30. The Balaban J connectivity index is 1.48. The Kier molecular flexibility index (Phi) is 6.18. The number of hydrogen-bond donors (Lipinski definition) is 0. The number of fused-ring (bicyclic) bond motifs is 1. The summed E-state index contributed by atoms with van der Waals surface area (Å²) in [4.78, 5) is 30.8. The topological polar surface area (TPSA) is 71.5 Å². The highest BCUT2D eigenvalue weighted by molar-refractivity contribution is 6.01. The average Bonchev–Trinajstić information content (AvgIpc) is 3.15. The molecule has 2 aliphatic heterocycles. The average molecular weight is 377 g/mol. The van der Waals surface area contributed by atoms with Gasteiger partial charge in [-0.05, 0) is 32.2 Å². The van der Waals surface area contributed by atoms with Gasteiger partial charge >= 0.3 is 6.09 Å². The second kappa shape index (κ2) is 8.58. The van der Waals surface area contributed by atoms with Crippen molar-refractivity contribution in [3.8, 4) is 11.5 Å². The molecule has 2 heterocycles. The molecule has 1 amide bonds. The molecule has 8 heteroatoms. The van der Waals surface area contributed by atoms with Crippen LogP contribution in [0.2, 0.25) is 0 Å². The zero-order valence-corrected chi connectivity index (χ0v) is 16.1. The van der Waals surface area contributed by atoms with Crippen molar-refractivity contribution in [3.63, 3.8) is 0 Å². The predicted molar refractivity (Wildman–Crippen MR) is 99.4 cm³/mol. The number of nitrogens with zero attached hydrogens (tertiary/aromatic N) is 3. The first-order valence-electron chi connectivity index (χ1n) is 9.20. The third-order valence-electron chi connectivity index (χ3n) is 5.13. The highest BCUT2D eigenvalue weighted by atomic mass is 16.7. The summed E-state index contributed by atoms with van der Waals surface area (Å²) in [5.41, 5.74) is 0.476. The molecule has 27 heavy (non-hydrogen) atoms. The lowest BCUT2D eigenvalue weighted by Gasteiger charge is -2.32. The molecule has 1 saturated heterocycles. The first kappa shape index (κ1) is 19.4. The molecule has 0 radical (unpaired) electrons. The molecule has 0 N–H and O–H groups in total. The second-order valence-corrected chi connectivity index (χ2v) is 6.98. The van der Waals surface area contributed by atoms with Gasteiger partial charge < -0.3 is 24.0 Å². The van der Waals surface area contributed by atoms with Crippen LogP contribution in [0, 0.1) is 0 Å². The monoisotopic (exact) mass is 377 g/mol. The Hall–Kier alpha value is -2.32. The molecule has 0 spiro atoms. The minimum absolute atomic E-state index is 0.155. The van der Waals surface area contributed by atoms with Crippen LogP contribution < -0.4 is 9.47 Å². The van der Waals surface area contributed by atoms with Gasteiger partial charge in [-0.3, -0.25) is 9.69 Å². The standard InChI is InChI=1S/C19H27N3O5/c1-14(18(23)15-4-5-16-17(12-15)27-13-26-16)21(3)19(24)25-11-10-22-8-6-20(2)7-9-22/h4-5,12,14H,6-11,13H2,1-3H3/t14-/m0/s1. The summed E-state index contributed by atoms with van der Waals surface area (Å²) in [6.07, 6.45) is -0.495. The molecule has 1 fully saturated rings. The summed E-state index contributed by atoms with van der Waals surface area (Å²) in [6, 6.07) is 4.39. The molecule has 0 aromatic heterocycles. The molecule has 1 atom stereocenters. The Morgan fingerprint density at radius 3 is 2.63 bits per heavy atom. The molecule has 1 aromatic carbocycles. The van der Waals surface area contributed by atoms with Gasteiger partial charge in [0, 0.05) is 45.3 Å². The van der Waals surface area contributed by atoms with Crippen molar-refractivity contribution in [2.24, 2.45) is 0 Å². The van der Waals surface area contributed by atoms with Gasteiger partial charge in [-0.25, -0.2) is 4.79 Å². The lowest BCUT2D eigenvalue weighted by Crippen LogP contribution is -2.46. The number of piperazine rings is 1. The summed E-state index contributed by atoms with van der Waals surface area (Å²) >= 11 is 0. The zero-order valence-electron chi connectivity index (χ0n) is 16.1. The molecule has 0 unspecified atom stereocenters.